The molecule has 2 aromatic carbocycles. The Morgan fingerprint density at radius 3 is 2.27 bits per heavy atom. The highest BCUT2D eigenvalue weighted by atomic mass is 79.9. The number of hydrogen-bond acceptors (Lipinski definition) is 5. The standard InChI is InChI=1S/C19H19BrN2O4/c1-3-25-19(24)15-6-10-17(11-7-15)26-12-18(23)22-21-13(2)14-4-8-16(20)9-5-14/h4-11H,3,12H2,1-2H3,(H,22,23)/b21-13+. The molecule has 0 saturated carbocycles. The maximum Gasteiger partial charge on any atom is 0.338 e. The average Bonchev–Trinajstić information content (AvgIpc) is 2.65. The third kappa shape index (κ3) is 6.00. The molecule has 0 aliphatic rings. The number of esters is 1. The highest BCUT2D eigenvalue weighted by Gasteiger charge is 2.07. The van der Waals surface area contributed by atoms with Gasteiger partial charge in [-0.3, -0.25) is 4.79 Å². The topological polar surface area (TPSA) is 77.0 Å². The average molecular weight is 419 g/mol. The van der Waals surface area contributed by atoms with E-state index in [2.05, 4.69) is 26.5 Å². The molecule has 0 aromatic heterocycles. The fourth-order valence-corrected chi connectivity index (χ4v) is 2.25. The minimum absolute atomic E-state index is 0.185. The van der Waals surface area contributed by atoms with E-state index >= 15 is 0 Å². The summed E-state index contributed by atoms with van der Waals surface area (Å²) in [4.78, 5) is 23.4. The SMILES string of the molecule is CCOC(=O)c1ccc(OCC(=O)N/N=C(\C)c2ccc(Br)cc2)cc1. The number of nitrogens with zero attached hydrogens (tertiary/aromatic N) is 1. The maximum absolute atomic E-state index is 11.8. The zero-order valence-corrected chi connectivity index (χ0v) is 16.1. The van der Waals surface area contributed by atoms with Gasteiger partial charge in [0.05, 0.1) is 17.9 Å². The minimum atomic E-state index is -0.394. The molecule has 0 atom stereocenters. The van der Waals surface area contributed by atoms with Crippen molar-refractivity contribution in [1.82, 2.24) is 5.43 Å². The molecule has 136 valence electrons. The van der Waals surface area contributed by atoms with Gasteiger partial charge < -0.3 is 9.47 Å². The van der Waals surface area contributed by atoms with E-state index in [0.29, 0.717) is 23.6 Å². The zero-order chi connectivity index (χ0) is 18.9. The molecule has 0 spiro atoms. The number of benzene rings is 2. The van der Waals surface area contributed by atoms with Crippen LogP contribution < -0.4 is 10.2 Å². The number of hydrazone groups is 1. The van der Waals surface area contributed by atoms with Crippen molar-refractivity contribution in [3.8, 4) is 5.75 Å². The first-order valence-electron chi connectivity index (χ1n) is 7.98. The summed E-state index contributed by atoms with van der Waals surface area (Å²) in [6.07, 6.45) is 0. The van der Waals surface area contributed by atoms with Crippen LogP contribution >= 0.6 is 15.9 Å². The van der Waals surface area contributed by atoms with Gasteiger partial charge in [0.15, 0.2) is 6.61 Å². The van der Waals surface area contributed by atoms with Gasteiger partial charge in [-0.2, -0.15) is 5.10 Å². The number of carbonyl (C=O) groups is 2. The van der Waals surface area contributed by atoms with Crippen molar-refractivity contribution in [3.63, 3.8) is 0 Å². The van der Waals surface area contributed by atoms with E-state index in [9.17, 15) is 9.59 Å². The van der Waals surface area contributed by atoms with Crippen molar-refractivity contribution in [3.05, 3.63) is 64.1 Å². The molecule has 0 aliphatic heterocycles. The monoisotopic (exact) mass is 418 g/mol. The van der Waals surface area contributed by atoms with Gasteiger partial charge in [0.25, 0.3) is 5.91 Å². The van der Waals surface area contributed by atoms with Gasteiger partial charge in [0.1, 0.15) is 5.75 Å². The van der Waals surface area contributed by atoms with E-state index in [-0.39, 0.29) is 12.5 Å². The number of ether oxygens (including phenoxy) is 2. The van der Waals surface area contributed by atoms with Gasteiger partial charge >= 0.3 is 5.97 Å². The van der Waals surface area contributed by atoms with E-state index in [1.54, 1.807) is 38.1 Å². The second-order valence-corrected chi connectivity index (χ2v) is 6.19. The summed E-state index contributed by atoms with van der Waals surface area (Å²) < 4.78 is 11.3. The number of halogens is 1. The van der Waals surface area contributed by atoms with E-state index < -0.39 is 5.97 Å². The van der Waals surface area contributed by atoms with Crippen LogP contribution in [0.3, 0.4) is 0 Å². The third-order valence-corrected chi connectivity index (χ3v) is 3.87. The number of hydrogen-bond donors (Lipinski definition) is 1. The van der Waals surface area contributed by atoms with Gasteiger partial charge in [-0.1, -0.05) is 28.1 Å². The largest absolute Gasteiger partial charge is 0.484 e. The fourth-order valence-electron chi connectivity index (χ4n) is 1.98. The Labute approximate surface area is 160 Å². The summed E-state index contributed by atoms with van der Waals surface area (Å²) >= 11 is 3.37. The number of nitrogens with one attached hydrogen (secondary N) is 1. The second-order valence-electron chi connectivity index (χ2n) is 5.27. The lowest BCUT2D eigenvalue weighted by molar-refractivity contribution is -0.123. The molecule has 0 aliphatic carbocycles. The Balaban J connectivity index is 1.83. The van der Waals surface area contributed by atoms with E-state index in [1.807, 2.05) is 24.3 Å². The molecule has 0 fully saturated rings. The van der Waals surface area contributed by atoms with Crippen LogP contribution in [0, 0.1) is 0 Å². The van der Waals surface area contributed by atoms with Gasteiger partial charge in [0, 0.05) is 4.47 Å². The maximum atomic E-state index is 11.8. The Kier molecular flexibility index (Phi) is 7.35. The molecule has 26 heavy (non-hydrogen) atoms. The second kappa shape index (κ2) is 9.72. The van der Waals surface area contributed by atoms with Crippen LogP contribution in [0.25, 0.3) is 0 Å². The fraction of sp³-hybridized carbons (Fsp3) is 0.211. The van der Waals surface area contributed by atoms with Crippen LogP contribution in [0.4, 0.5) is 0 Å². The van der Waals surface area contributed by atoms with E-state index in [0.717, 1.165) is 10.0 Å². The first kappa shape index (κ1) is 19.7. The normalized spacial score (nSPS) is 11.0. The first-order chi connectivity index (χ1) is 12.5. The number of amides is 1. The Morgan fingerprint density at radius 1 is 1.04 bits per heavy atom. The molecular formula is C19H19BrN2O4. The van der Waals surface area contributed by atoms with E-state index in [4.69, 9.17) is 9.47 Å². The predicted octanol–water partition coefficient (Wildman–Crippen LogP) is 3.55. The number of carbonyl (C=O) groups excluding carboxylic acids is 2. The molecular weight excluding hydrogens is 400 g/mol. The zero-order valence-electron chi connectivity index (χ0n) is 14.5. The van der Waals surface area contributed by atoms with E-state index in [1.165, 1.54) is 0 Å². The Bertz CT molecular complexity index is 786. The summed E-state index contributed by atoms with van der Waals surface area (Å²) in [7, 11) is 0. The molecule has 1 N–H and O–H groups in total. The Hall–Kier alpha value is -2.67. The summed E-state index contributed by atoms with van der Waals surface area (Å²) in [6, 6.07) is 14.0. The summed E-state index contributed by atoms with van der Waals surface area (Å²) in [6.45, 7) is 3.68. The highest BCUT2D eigenvalue weighted by molar-refractivity contribution is 9.10. The van der Waals surface area contributed by atoms with Crippen molar-refractivity contribution in [2.75, 3.05) is 13.2 Å². The molecule has 2 aromatic rings. The lowest BCUT2D eigenvalue weighted by Crippen LogP contribution is -2.25. The molecule has 2 rings (SSSR count). The summed E-state index contributed by atoms with van der Waals surface area (Å²) in [5.41, 5.74) is 4.47. The van der Waals surface area contributed by atoms with Crippen LogP contribution in [0.1, 0.15) is 29.8 Å². The van der Waals surface area contributed by atoms with Crippen molar-refractivity contribution in [2.24, 2.45) is 5.10 Å². The van der Waals surface area contributed by atoms with Crippen LogP contribution in [0.5, 0.6) is 5.75 Å². The van der Waals surface area contributed by atoms with Crippen molar-refractivity contribution < 1.29 is 19.1 Å². The van der Waals surface area contributed by atoms with Gasteiger partial charge in [0.2, 0.25) is 0 Å². The molecule has 0 heterocycles. The molecule has 6 nitrogen and oxygen atoms in total. The van der Waals surface area contributed by atoms with Crippen molar-refractivity contribution in [2.45, 2.75) is 13.8 Å². The number of rotatable bonds is 7. The Morgan fingerprint density at radius 2 is 1.65 bits per heavy atom. The quantitative estimate of drug-likeness (QED) is 0.423. The first-order valence-corrected chi connectivity index (χ1v) is 8.78. The predicted molar refractivity (Wildman–Crippen MR) is 102 cm³/mol. The molecule has 0 unspecified atom stereocenters. The van der Waals surface area contributed by atoms with Crippen molar-refractivity contribution in [1.29, 1.82) is 0 Å². The smallest absolute Gasteiger partial charge is 0.338 e. The molecule has 7 heteroatoms. The highest BCUT2D eigenvalue weighted by Crippen LogP contribution is 2.13. The third-order valence-electron chi connectivity index (χ3n) is 3.35. The minimum Gasteiger partial charge on any atom is -0.484 e. The summed E-state index contributed by atoms with van der Waals surface area (Å²) in [5, 5.41) is 4.05. The summed E-state index contributed by atoms with van der Waals surface area (Å²) in [5.74, 6) is -0.299. The van der Waals surface area contributed by atoms with Crippen LogP contribution in [-0.4, -0.2) is 30.8 Å². The van der Waals surface area contributed by atoms with Crippen LogP contribution in [-0.2, 0) is 9.53 Å². The van der Waals surface area contributed by atoms with Crippen LogP contribution in [0.2, 0.25) is 0 Å². The van der Waals surface area contributed by atoms with Gasteiger partial charge in [-0.25, -0.2) is 10.2 Å². The van der Waals surface area contributed by atoms with Crippen molar-refractivity contribution >= 4 is 33.5 Å². The van der Waals surface area contributed by atoms with Crippen LogP contribution in [0.15, 0.2) is 58.1 Å². The molecule has 0 bridgehead atoms. The van der Waals surface area contributed by atoms with Gasteiger partial charge in [-0.05, 0) is 55.8 Å². The lowest BCUT2D eigenvalue weighted by Gasteiger charge is -2.07. The molecule has 1 amide bonds. The molecule has 0 saturated heterocycles. The lowest BCUT2D eigenvalue weighted by atomic mass is 10.1. The molecule has 0 radical (unpaired) electrons. The van der Waals surface area contributed by atoms with Gasteiger partial charge in [-0.15, -0.1) is 0 Å².